The fraction of sp³-hybridized carbons (Fsp3) is 0.533. The Balaban J connectivity index is 1.56. The zero-order valence-electron chi connectivity index (χ0n) is 12.5. The third-order valence-electron chi connectivity index (χ3n) is 4.21. The number of anilines is 1. The number of hydrogen-bond acceptors (Lipinski definition) is 4. The highest BCUT2D eigenvalue weighted by Gasteiger charge is 2.31. The Morgan fingerprint density at radius 1 is 1.38 bits per heavy atom. The van der Waals surface area contributed by atoms with Gasteiger partial charge in [-0.25, -0.2) is 0 Å². The van der Waals surface area contributed by atoms with Gasteiger partial charge in [0.05, 0.1) is 13.7 Å². The number of aliphatic imine (C=N–C) groups is 1. The van der Waals surface area contributed by atoms with Gasteiger partial charge >= 0.3 is 0 Å². The molecule has 3 fully saturated rings. The number of nitrogens with one attached hydrogen (secondary N) is 1. The second-order valence-corrected chi connectivity index (χ2v) is 5.57. The molecule has 3 aliphatic heterocycles. The maximum atomic E-state index is 5.98. The van der Waals surface area contributed by atoms with E-state index in [4.69, 9.17) is 10.5 Å². The van der Waals surface area contributed by atoms with E-state index in [-0.39, 0.29) is 0 Å². The zero-order chi connectivity index (χ0) is 14.7. The number of hydrogen-bond donors (Lipinski definition) is 2. The summed E-state index contributed by atoms with van der Waals surface area (Å²) in [5, 5.41) is 3.12. The third-order valence-corrected chi connectivity index (χ3v) is 4.21. The Morgan fingerprint density at radius 2 is 2.19 bits per heavy atom. The molecule has 1 atom stereocenters. The number of ether oxygens (including phenoxy) is 1. The first kappa shape index (κ1) is 14.2. The van der Waals surface area contributed by atoms with Crippen LogP contribution in [0.4, 0.5) is 5.69 Å². The van der Waals surface area contributed by atoms with Crippen LogP contribution in [0.15, 0.2) is 29.3 Å². The van der Waals surface area contributed by atoms with Crippen LogP contribution < -0.4 is 15.8 Å². The maximum Gasteiger partial charge on any atom is 0.193 e. The first-order valence-electron chi connectivity index (χ1n) is 7.42. The number of rotatable bonds is 4. The van der Waals surface area contributed by atoms with Gasteiger partial charge in [-0.3, -0.25) is 14.8 Å². The third kappa shape index (κ3) is 3.46. The standard InChI is InChI=1S/C15H23N5O/c1-21-14-4-2-3-12(9-14)18-15(16)17-10-13-11-19-5-7-20(13)8-6-19/h2-4,9,13H,5-8,10-11H2,1H3,(H3,16,17,18). The number of methoxy groups -OCH3 is 1. The van der Waals surface area contributed by atoms with E-state index in [0.29, 0.717) is 12.0 Å². The molecule has 1 aromatic carbocycles. The molecule has 3 aliphatic rings. The zero-order valence-corrected chi connectivity index (χ0v) is 12.5. The van der Waals surface area contributed by atoms with E-state index in [0.717, 1.165) is 37.6 Å². The Labute approximate surface area is 125 Å². The average Bonchev–Trinajstić information content (AvgIpc) is 2.54. The fourth-order valence-electron chi connectivity index (χ4n) is 2.99. The Bertz CT molecular complexity index is 511. The van der Waals surface area contributed by atoms with Crippen molar-refractivity contribution in [2.24, 2.45) is 10.7 Å². The molecule has 0 saturated carbocycles. The van der Waals surface area contributed by atoms with Gasteiger partial charge in [0.1, 0.15) is 5.75 Å². The molecule has 6 nitrogen and oxygen atoms in total. The topological polar surface area (TPSA) is 66.1 Å². The van der Waals surface area contributed by atoms with Crippen LogP contribution in [0, 0.1) is 0 Å². The first-order valence-corrected chi connectivity index (χ1v) is 7.42. The van der Waals surface area contributed by atoms with Crippen molar-refractivity contribution in [3.05, 3.63) is 24.3 Å². The summed E-state index contributed by atoms with van der Waals surface area (Å²) in [5.41, 5.74) is 6.87. The van der Waals surface area contributed by atoms with Gasteiger partial charge in [-0.05, 0) is 12.1 Å². The summed E-state index contributed by atoms with van der Waals surface area (Å²) in [6, 6.07) is 8.17. The molecule has 3 saturated heterocycles. The quantitative estimate of drug-likeness (QED) is 0.621. The van der Waals surface area contributed by atoms with E-state index in [1.165, 1.54) is 13.1 Å². The van der Waals surface area contributed by atoms with Gasteiger partial charge in [0.25, 0.3) is 0 Å². The molecule has 3 heterocycles. The molecule has 0 radical (unpaired) electrons. The minimum atomic E-state index is 0.459. The molecule has 2 bridgehead atoms. The van der Waals surface area contributed by atoms with Crippen LogP contribution in [0.5, 0.6) is 5.75 Å². The van der Waals surface area contributed by atoms with Gasteiger partial charge in [-0.1, -0.05) is 6.07 Å². The highest BCUT2D eigenvalue weighted by Crippen LogP contribution is 2.17. The summed E-state index contributed by atoms with van der Waals surface area (Å²) in [6.45, 7) is 6.55. The Morgan fingerprint density at radius 3 is 2.86 bits per heavy atom. The summed E-state index contributed by atoms with van der Waals surface area (Å²) in [6.07, 6.45) is 0. The van der Waals surface area contributed by atoms with E-state index in [1.54, 1.807) is 7.11 Å². The second kappa shape index (κ2) is 6.32. The summed E-state index contributed by atoms with van der Waals surface area (Å²) in [4.78, 5) is 9.51. The van der Waals surface area contributed by atoms with Crippen LogP contribution in [0.2, 0.25) is 0 Å². The average molecular weight is 289 g/mol. The minimum Gasteiger partial charge on any atom is -0.497 e. The Hall–Kier alpha value is -1.79. The highest BCUT2D eigenvalue weighted by molar-refractivity contribution is 5.92. The summed E-state index contributed by atoms with van der Waals surface area (Å²) < 4.78 is 5.19. The molecular weight excluding hydrogens is 266 g/mol. The molecule has 0 spiro atoms. The predicted molar refractivity (Wildman–Crippen MR) is 84.9 cm³/mol. The summed E-state index contributed by atoms with van der Waals surface area (Å²) in [7, 11) is 1.65. The van der Waals surface area contributed by atoms with Crippen LogP contribution in [-0.4, -0.2) is 68.2 Å². The normalized spacial score (nSPS) is 28.4. The highest BCUT2D eigenvalue weighted by atomic mass is 16.5. The van der Waals surface area contributed by atoms with Crippen LogP contribution >= 0.6 is 0 Å². The molecule has 1 aromatic rings. The number of nitrogens with two attached hydrogens (primary N) is 1. The summed E-state index contributed by atoms with van der Waals surface area (Å²) >= 11 is 0. The van der Waals surface area contributed by atoms with Crippen molar-refractivity contribution in [2.45, 2.75) is 6.04 Å². The van der Waals surface area contributed by atoms with Gasteiger partial charge in [0.15, 0.2) is 5.96 Å². The van der Waals surface area contributed by atoms with Gasteiger partial charge in [0.2, 0.25) is 0 Å². The minimum absolute atomic E-state index is 0.459. The molecule has 4 rings (SSSR count). The van der Waals surface area contributed by atoms with E-state index in [2.05, 4.69) is 20.1 Å². The van der Waals surface area contributed by atoms with E-state index < -0.39 is 0 Å². The lowest BCUT2D eigenvalue weighted by Gasteiger charge is -2.47. The van der Waals surface area contributed by atoms with Crippen molar-refractivity contribution in [2.75, 3.05) is 51.7 Å². The molecule has 0 amide bonds. The SMILES string of the molecule is COc1cccc(NC(N)=NCC2CN3CCN2CC3)c1. The lowest BCUT2D eigenvalue weighted by molar-refractivity contribution is 0.0174. The largest absolute Gasteiger partial charge is 0.497 e. The second-order valence-electron chi connectivity index (χ2n) is 5.57. The molecule has 0 aliphatic carbocycles. The molecule has 6 heteroatoms. The molecular formula is C15H23N5O. The summed E-state index contributed by atoms with van der Waals surface area (Å²) in [5.74, 6) is 1.26. The van der Waals surface area contributed by atoms with Crippen molar-refractivity contribution in [1.82, 2.24) is 9.80 Å². The fourth-order valence-corrected chi connectivity index (χ4v) is 2.99. The smallest absolute Gasteiger partial charge is 0.193 e. The lowest BCUT2D eigenvalue weighted by atomic mass is 10.1. The molecule has 0 aromatic heterocycles. The van der Waals surface area contributed by atoms with Crippen molar-refractivity contribution in [3.63, 3.8) is 0 Å². The van der Waals surface area contributed by atoms with Crippen LogP contribution in [-0.2, 0) is 0 Å². The van der Waals surface area contributed by atoms with Crippen molar-refractivity contribution >= 4 is 11.6 Å². The van der Waals surface area contributed by atoms with Gasteiger partial charge < -0.3 is 15.8 Å². The number of piperazine rings is 3. The van der Waals surface area contributed by atoms with Gasteiger partial charge in [-0.15, -0.1) is 0 Å². The van der Waals surface area contributed by atoms with Gasteiger partial charge in [0, 0.05) is 50.5 Å². The van der Waals surface area contributed by atoms with Crippen molar-refractivity contribution in [1.29, 1.82) is 0 Å². The number of nitrogens with zero attached hydrogens (tertiary/aromatic N) is 3. The number of guanidine groups is 1. The molecule has 1 unspecified atom stereocenters. The van der Waals surface area contributed by atoms with E-state index in [1.807, 2.05) is 24.3 Å². The first-order chi connectivity index (χ1) is 10.2. The van der Waals surface area contributed by atoms with Crippen LogP contribution in [0.3, 0.4) is 0 Å². The Kier molecular flexibility index (Phi) is 4.26. The monoisotopic (exact) mass is 289 g/mol. The van der Waals surface area contributed by atoms with E-state index in [9.17, 15) is 0 Å². The van der Waals surface area contributed by atoms with Crippen LogP contribution in [0.25, 0.3) is 0 Å². The lowest BCUT2D eigenvalue weighted by Crippen LogP contribution is -2.61. The van der Waals surface area contributed by atoms with Crippen LogP contribution in [0.1, 0.15) is 0 Å². The van der Waals surface area contributed by atoms with Crippen molar-refractivity contribution < 1.29 is 4.74 Å². The van der Waals surface area contributed by atoms with Gasteiger partial charge in [-0.2, -0.15) is 0 Å². The number of benzene rings is 1. The van der Waals surface area contributed by atoms with E-state index >= 15 is 0 Å². The number of fused-ring (bicyclic) bond motifs is 3. The molecule has 21 heavy (non-hydrogen) atoms. The molecule has 114 valence electrons. The molecule has 3 N–H and O–H groups in total. The van der Waals surface area contributed by atoms with Crippen molar-refractivity contribution in [3.8, 4) is 5.75 Å². The maximum absolute atomic E-state index is 5.98. The predicted octanol–water partition coefficient (Wildman–Crippen LogP) is 0.422.